The van der Waals surface area contributed by atoms with Gasteiger partial charge in [0.1, 0.15) is 5.75 Å². The number of thiophene rings is 1. The maximum atomic E-state index is 12.9. The minimum absolute atomic E-state index is 0.0435. The molecule has 0 unspecified atom stereocenters. The zero-order chi connectivity index (χ0) is 25.1. The van der Waals surface area contributed by atoms with Gasteiger partial charge >= 0.3 is 5.97 Å². The number of nitrogens with zero attached hydrogens (tertiary/aromatic N) is 4. The zero-order valence-corrected chi connectivity index (χ0v) is 20.5. The van der Waals surface area contributed by atoms with E-state index in [1.54, 1.807) is 53.0 Å². The van der Waals surface area contributed by atoms with E-state index >= 15 is 0 Å². The van der Waals surface area contributed by atoms with E-state index in [2.05, 4.69) is 10.1 Å². The molecule has 0 bridgehead atoms. The number of carbonyl (C=O) groups is 2. The minimum Gasteiger partial charge on any atom is -0.421 e. The molecule has 0 spiro atoms. The second-order valence-corrected chi connectivity index (χ2v) is 9.04. The Balaban J connectivity index is 1.34. The molecular weight excluding hydrogens is 472 g/mol. The Bertz CT molecular complexity index is 1490. The highest BCUT2D eigenvalue weighted by Crippen LogP contribution is 2.26. The number of rotatable bonds is 6. The lowest BCUT2D eigenvalue weighted by atomic mass is 10.1. The van der Waals surface area contributed by atoms with Crippen molar-refractivity contribution in [3.05, 3.63) is 113 Å². The van der Waals surface area contributed by atoms with Gasteiger partial charge in [0.05, 0.1) is 10.6 Å². The van der Waals surface area contributed by atoms with E-state index in [-0.39, 0.29) is 11.7 Å². The maximum absolute atomic E-state index is 12.9. The van der Waals surface area contributed by atoms with Gasteiger partial charge in [-0.05, 0) is 66.9 Å². The van der Waals surface area contributed by atoms with Crippen LogP contribution in [0.4, 0.5) is 5.69 Å². The fourth-order valence-electron chi connectivity index (χ4n) is 3.61. The van der Waals surface area contributed by atoms with E-state index in [9.17, 15) is 9.59 Å². The predicted octanol–water partition coefficient (Wildman–Crippen LogP) is 5.80. The molecule has 0 aliphatic carbocycles. The summed E-state index contributed by atoms with van der Waals surface area (Å²) in [5.41, 5.74) is 3.15. The summed E-state index contributed by atoms with van der Waals surface area (Å²) in [6.45, 7) is 1.97. The van der Waals surface area contributed by atoms with Gasteiger partial charge in [-0.15, -0.1) is 16.4 Å². The highest BCUT2D eigenvalue weighted by molar-refractivity contribution is 7.13. The summed E-state index contributed by atoms with van der Waals surface area (Å²) in [6.07, 6.45) is 0. The molecule has 7 nitrogen and oxygen atoms in total. The van der Waals surface area contributed by atoms with Gasteiger partial charge in [0, 0.05) is 18.3 Å². The normalized spacial score (nSPS) is 10.7. The fourth-order valence-corrected chi connectivity index (χ4v) is 4.31. The number of ether oxygens (including phenoxy) is 1. The summed E-state index contributed by atoms with van der Waals surface area (Å²) < 4.78 is 7.17. The Hall–Kier alpha value is -4.56. The molecule has 0 radical (unpaired) electrons. The average molecular weight is 495 g/mol. The van der Waals surface area contributed by atoms with Crippen molar-refractivity contribution in [3.8, 4) is 22.1 Å². The van der Waals surface area contributed by atoms with Gasteiger partial charge in [-0.1, -0.05) is 42.0 Å². The molecule has 0 aliphatic heterocycles. The Labute approximate surface area is 212 Å². The third-order valence-corrected chi connectivity index (χ3v) is 6.44. The highest BCUT2D eigenvalue weighted by atomic mass is 32.1. The van der Waals surface area contributed by atoms with Gasteiger partial charge in [-0.25, -0.2) is 9.48 Å². The fraction of sp³-hybridized carbons (Fsp3) is 0.0714. The lowest BCUT2D eigenvalue weighted by Gasteiger charge is -2.17. The van der Waals surface area contributed by atoms with Crippen molar-refractivity contribution in [2.24, 2.45) is 0 Å². The summed E-state index contributed by atoms with van der Waals surface area (Å²) in [4.78, 5) is 32.6. The SMILES string of the molecule is Cc1ccc(C(=O)N(C)c2ccc(OC(=O)c3nc(-c4cccs4)n(-c4ccccc4)n3)cc2)cc1. The summed E-state index contributed by atoms with van der Waals surface area (Å²) in [7, 11) is 1.70. The van der Waals surface area contributed by atoms with Crippen LogP contribution >= 0.6 is 11.3 Å². The van der Waals surface area contributed by atoms with Crippen LogP contribution in [0.1, 0.15) is 26.5 Å². The molecule has 1 amide bonds. The average Bonchev–Trinajstić information content (AvgIpc) is 3.60. The van der Waals surface area contributed by atoms with Gasteiger partial charge < -0.3 is 9.64 Å². The minimum atomic E-state index is -0.667. The van der Waals surface area contributed by atoms with Gasteiger partial charge in [0.25, 0.3) is 11.7 Å². The number of aromatic nitrogens is 3. The molecule has 0 aliphatic rings. The van der Waals surface area contributed by atoms with Crippen LogP contribution < -0.4 is 9.64 Å². The first-order valence-electron chi connectivity index (χ1n) is 11.2. The molecule has 0 saturated heterocycles. The van der Waals surface area contributed by atoms with Gasteiger partial charge in [-0.2, -0.15) is 4.98 Å². The van der Waals surface area contributed by atoms with Crippen molar-refractivity contribution in [2.75, 3.05) is 11.9 Å². The zero-order valence-electron chi connectivity index (χ0n) is 19.7. The monoisotopic (exact) mass is 494 g/mol. The third kappa shape index (κ3) is 4.80. The topological polar surface area (TPSA) is 77.3 Å². The van der Waals surface area contributed by atoms with Crippen molar-refractivity contribution >= 4 is 28.9 Å². The number of benzene rings is 3. The van der Waals surface area contributed by atoms with Crippen molar-refractivity contribution in [2.45, 2.75) is 6.92 Å². The molecule has 3 aromatic carbocycles. The van der Waals surface area contributed by atoms with Crippen LogP contribution in [0.3, 0.4) is 0 Å². The van der Waals surface area contributed by atoms with Gasteiger partial charge in [0.2, 0.25) is 0 Å². The number of carbonyl (C=O) groups excluding carboxylic acids is 2. The smallest absolute Gasteiger partial charge is 0.383 e. The molecule has 5 rings (SSSR count). The molecule has 0 N–H and O–H groups in total. The van der Waals surface area contributed by atoms with Crippen LogP contribution in [-0.4, -0.2) is 33.7 Å². The number of para-hydroxylation sites is 1. The van der Waals surface area contributed by atoms with Gasteiger partial charge in [-0.3, -0.25) is 4.79 Å². The van der Waals surface area contributed by atoms with Crippen LogP contribution in [0.2, 0.25) is 0 Å². The second kappa shape index (κ2) is 9.97. The van der Waals surface area contributed by atoms with E-state index in [0.29, 0.717) is 22.8 Å². The van der Waals surface area contributed by atoms with Crippen LogP contribution in [0, 0.1) is 6.92 Å². The number of aryl methyl sites for hydroxylation is 1. The molecule has 36 heavy (non-hydrogen) atoms. The largest absolute Gasteiger partial charge is 0.421 e. The molecule has 0 atom stereocenters. The van der Waals surface area contributed by atoms with Crippen LogP contribution in [0.25, 0.3) is 16.4 Å². The van der Waals surface area contributed by atoms with Crippen LogP contribution in [0.15, 0.2) is 96.4 Å². The molecule has 0 saturated carbocycles. The van der Waals surface area contributed by atoms with Crippen molar-refractivity contribution in [1.82, 2.24) is 14.8 Å². The number of anilines is 1. The molecule has 8 heteroatoms. The van der Waals surface area contributed by atoms with E-state index in [0.717, 1.165) is 16.1 Å². The lowest BCUT2D eigenvalue weighted by molar-refractivity contribution is 0.0721. The Morgan fingerprint density at radius 2 is 1.61 bits per heavy atom. The Morgan fingerprint density at radius 3 is 2.28 bits per heavy atom. The van der Waals surface area contributed by atoms with E-state index < -0.39 is 5.97 Å². The van der Waals surface area contributed by atoms with E-state index in [1.165, 1.54) is 11.3 Å². The molecule has 0 fully saturated rings. The molecule has 178 valence electrons. The highest BCUT2D eigenvalue weighted by Gasteiger charge is 2.21. The molecular formula is C28H22N4O3S. The third-order valence-electron chi connectivity index (χ3n) is 5.57. The first-order chi connectivity index (χ1) is 17.5. The van der Waals surface area contributed by atoms with E-state index in [1.807, 2.05) is 66.9 Å². The second-order valence-electron chi connectivity index (χ2n) is 8.10. The first-order valence-corrected chi connectivity index (χ1v) is 12.1. The van der Waals surface area contributed by atoms with Gasteiger partial charge in [0.15, 0.2) is 5.82 Å². The maximum Gasteiger partial charge on any atom is 0.383 e. The lowest BCUT2D eigenvalue weighted by Crippen LogP contribution is -2.26. The standard InChI is InChI=1S/C28H22N4O3S/c1-19-10-12-20(13-11-19)27(33)31(2)21-14-16-23(17-15-21)35-28(34)25-29-26(24-9-6-18-36-24)32(30-25)22-7-4-3-5-8-22/h3-18H,1-2H3. The number of esters is 1. The quantitative estimate of drug-likeness (QED) is 0.220. The number of hydrogen-bond acceptors (Lipinski definition) is 6. The van der Waals surface area contributed by atoms with Crippen LogP contribution in [-0.2, 0) is 0 Å². The summed E-state index contributed by atoms with van der Waals surface area (Å²) in [6, 6.07) is 27.5. The summed E-state index contributed by atoms with van der Waals surface area (Å²) in [5.74, 6) is 0.0530. The molecule has 2 heterocycles. The van der Waals surface area contributed by atoms with Crippen molar-refractivity contribution in [1.29, 1.82) is 0 Å². The van der Waals surface area contributed by atoms with Crippen LogP contribution in [0.5, 0.6) is 5.75 Å². The first kappa shape index (κ1) is 23.2. The number of hydrogen-bond donors (Lipinski definition) is 0. The summed E-state index contributed by atoms with van der Waals surface area (Å²) >= 11 is 1.51. The van der Waals surface area contributed by atoms with Crippen molar-refractivity contribution in [3.63, 3.8) is 0 Å². The Morgan fingerprint density at radius 1 is 0.889 bits per heavy atom. The van der Waals surface area contributed by atoms with Crippen molar-refractivity contribution < 1.29 is 14.3 Å². The molecule has 5 aromatic rings. The Kier molecular flexibility index (Phi) is 6.42. The predicted molar refractivity (Wildman–Crippen MR) is 140 cm³/mol. The molecule has 2 aromatic heterocycles. The van der Waals surface area contributed by atoms with E-state index in [4.69, 9.17) is 4.74 Å². The number of amides is 1. The summed E-state index contributed by atoms with van der Waals surface area (Å²) in [5, 5.41) is 6.37.